The molecule has 2 N–H and O–H groups in total. The Morgan fingerprint density at radius 3 is 2.38 bits per heavy atom. The summed E-state index contributed by atoms with van der Waals surface area (Å²) in [6, 6.07) is 7.32. The largest absolute Gasteiger partial charge is 0.380 e. The molecule has 0 bridgehead atoms. The number of carbonyl (C=O) groups is 1. The van der Waals surface area contributed by atoms with Crippen LogP contribution in [0.15, 0.2) is 28.7 Å². The van der Waals surface area contributed by atoms with Crippen molar-refractivity contribution >= 4 is 27.5 Å². The number of hydrogen-bond donors (Lipinski definition) is 2. The first-order valence-electron chi connectivity index (χ1n) is 5.40. The highest BCUT2D eigenvalue weighted by molar-refractivity contribution is 9.10. The molecule has 0 aromatic heterocycles. The zero-order valence-electron chi connectivity index (χ0n) is 8.87. The molecular formula is C12H14BrNO2. The highest BCUT2D eigenvalue weighted by Gasteiger charge is 2.38. The number of anilines is 1. The van der Waals surface area contributed by atoms with E-state index in [0.29, 0.717) is 18.5 Å². The molecule has 1 fully saturated rings. The molecule has 1 aliphatic carbocycles. The number of amides is 1. The topological polar surface area (TPSA) is 49.3 Å². The maximum Gasteiger partial charge on any atom is 0.256 e. The molecule has 0 aliphatic heterocycles. The molecule has 86 valence electrons. The lowest BCUT2D eigenvalue weighted by Crippen LogP contribution is -2.40. The Balaban J connectivity index is 2.04. The van der Waals surface area contributed by atoms with Gasteiger partial charge in [0.1, 0.15) is 5.60 Å². The molecular weight excluding hydrogens is 270 g/mol. The molecule has 0 heterocycles. The Kier molecular flexibility index (Phi) is 3.30. The van der Waals surface area contributed by atoms with Gasteiger partial charge >= 0.3 is 0 Å². The van der Waals surface area contributed by atoms with Crippen molar-refractivity contribution in [1.82, 2.24) is 0 Å². The molecule has 0 radical (unpaired) electrons. The lowest BCUT2D eigenvalue weighted by Gasteiger charge is -2.20. The summed E-state index contributed by atoms with van der Waals surface area (Å²) in [6.07, 6.45) is 2.97. The van der Waals surface area contributed by atoms with E-state index in [2.05, 4.69) is 21.2 Å². The van der Waals surface area contributed by atoms with Gasteiger partial charge in [-0.05, 0) is 49.9 Å². The van der Waals surface area contributed by atoms with Crippen molar-refractivity contribution in [2.24, 2.45) is 0 Å². The Morgan fingerprint density at radius 2 is 1.81 bits per heavy atom. The highest BCUT2D eigenvalue weighted by Crippen LogP contribution is 2.30. The lowest BCUT2D eigenvalue weighted by atomic mass is 10.0. The molecule has 2 rings (SSSR count). The predicted octanol–water partition coefficient (Wildman–Crippen LogP) is 2.69. The number of rotatable bonds is 2. The molecule has 1 amide bonds. The lowest BCUT2D eigenvalue weighted by molar-refractivity contribution is -0.133. The van der Waals surface area contributed by atoms with E-state index in [1.54, 1.807) is 12.1 Å². The molecule has 1 aromatic carbocycles. The molecule has 1 aliphatic rings. The summed E-state index contributed by atoms with van der Waals surface area (Å²) in [6.45, 7) is 0. The molecule has 0 unspecified atom stereocenters. The molecule has 16 heavy (non-hydrogen) atoms. The number of hydrogen-bond acceptors (Lipinski definition) is 2. The smallest absolute Gasteiger partial charge is 0.256 e. The average molecular weight is 284 g/mol. The predicted molar refractivity (Wildman–Crippen MR) is 66.2 cm³/mol. The second kappa shape index (κ2) is 4.55. The van der Waals surface area contributed by atoms with E-state index in [4.69, 9.17) is 0 Å². The number of carbonyl (C=O) groups excluding carboxylic acids is 1. The second-order valence-electron chi connectivity index (χ2n) is 4.20. The normalized spacial score (nSPS) is 18.4. The zero-order valence-corrected chi connectivity index (χ0v) is 10.5. The number of benzene rings is 1. The van der Waals surface area contributed by atoms with Crippen molar-refractivity contribution in [3.8, 4) is 0 Å². The van der Waals surface area contributed by atoms with Crippen LogP contribution in [0.4, 0.5) is 5.69 Å². The van der Waals surface area contributed by atoms with Crippen LogP contribution in [0.3, 0.4) is 0 Å². The van der Waals surface area contributed by atoms with Crippen molar-refractivity contribution < 1.29 is 9.90 Å². The van der Waals surface area contributed by atoms with Gasteiger partial charge < -0.3 is 10.4 Å². The fraction of sp³-hybridized carbons (Fsp3) is 0.417. The van der Waals surface area contributed by atoms with Crippen molar-refractivity contribution in [1.29, 1.82) is 0 Å². The van der Waals surface area contributed by atoms with Crippen LogP contribution in [-0.2, 0) is 4.79 Å². The van der Waals surface area contributed by atoms with E-state index in [0.717, 1.165) is 17.3 Å². The summed E-state index contributed by atoms with van der Waals surface area (Å²) in [5, 5.41) is 12.8. The quantitative estimate of drug-likeness (QED) is 0.877. The van der Waals surface area contributed by atoms with Crippen molar-refractivity contribution in [3.05, 3.63) is 28.7 Å². The molecule has 0 atom stereocenters. The van der Waals surface area contributed by atoms with Gasteiger partial charge in [0.15, 0.2) is 0 Å². The average Bonchev–Trinajstić information content (AvgIpc) is 2.70. The van der Waals surface area contributed by atoms with Crippen LogP contribution in [0.25, 0.3) is 0 Å². The third-order valence-electron chi connectivity index (χ3n) is 2.96. The standard InChI is InChI=1S/C12H14BrNO2/c13-9-3-5-10(6-4-9)14-11(15)12(16)7-1-2-8-12/h3-6,16H,1-2,7-8H2,(H,14,15). The Labute approximate surface area is 103 Å². The molecule has 3 nitrogen and oxygen atoms in total. The van der Waals surface area contributed by atoms with Gasteiger partial charge in [-0.2, -0.15) is 0 Å². The van der Waals surface area contributed by atoms with Crippen molar-refractivity contribution in [2.45, 2.75) is 31.3 Å². The first kappa shape index (κ1) is 11.6. The fourth-order valence-electron chi connectivity index (χ4n) is 1.97. The first-order valence-corrected chi connectivity index (χ1v) is 6.19. The monoisotopic (exact) mass is 283 g/mol. The molecule has 0 spiro atoms. The van der Waals surface area contributed by atoms with Gasteiger partial charge in [0, 0.05) is 10.2 Å². The summed E-state index contributed by atoms with van der Waals surface area (Å²) in [4.78, 5) is 11.8. The summed E-state index contributed by atoms with van der Waals surface area (Å²) < 4.78 is 0.963. The van der Waals surface area contributed by atoms with Crippen molar-refractivity contribution in [3.63, 3.8) is 0 Å². The summed E-state index contributed by atoms with van der Waals surface area (Å²) >= 11 is 3.33. The maximum absolute atomic E-state index is 11.8. The molecule has 0 saturated heterocycles. The van der Waals surface area contributed by atoms with Gasteiger partial charge in [-0.25, -0.2) is 0 Å². The number of aliphatic hydroxyl groups is 1. The van der Waals surface area contributed by atoms with Crippen LogP contribution >= 0.6 is 15.9 Å². The summed E-state index contributed by atoms with van der Waals surface area (Å²) in [5.74, 6) is -0.285. The van der Waals surface area contributed by atoms with Crippen LogP contribution in [-0.4, -0.2) is 16.6 Å². The molecule has 1 aromatic rings. The minimum atomic E-state index is -1.16. The van der Waals surface area contributed by atoms with Gasteiger partial charge in [0.25, 0.3) is 5.91 Å². The van der Waals surface area contributed by atoms with Crippen LogP contribution < -0.4 is 5.32 Å². The SMILES string of the molecule is O=C(Nc1ccc(Br)cc1)C1(O)CCCC1. The minimum absolute atomic E-state index is 0.285. The second-order valence-corrected chi connectivity index (χ2v) is 5.12. The van der Waals surface area contributed by atoms with Crippen LogP contribution in [0.5, 0.6) is 0 Å². The fourth-order valence-corrected chi connectivity index (χ4v) is 2.23. The van der Waals surface area contributed by atoms with Gasteiger partial charge in [-0.1, -0.05) is 15.9 Å². The van der Waals surface area contributed by atoms with E-state index in [1.165, 1.54) is 0 Å². The number of nitrogens with one attached hydrogen (secondary N) is 1. The number of halogens is 1. The van der Waals surface area contributed by atoms with Gasteiger partial charge in [0.2, 0.25) is 0 Å². The Hall–Kier alpha value is -0.870. The third-order valence-corrected chi connectivity index (χ3v) is 3.48. The zero-order chi connectivity index (χ0) is 11.6. The van der Waals surface area contributed by atoms with Crippen molar-refractivity contribution in [2.75, 3.05) is 5.32 Å². The van der Waals surface area contributed by atoms with E-state index < -0.39 is 5.60 Å². The van der Waals surface area contributed by atoms with Crippen LogP contribution in [0.1, 0.15) is 25.7 Å². The van der Waals surface area contributed by atoms with Gasteiger partial charge in [-0.15, -0.1) is 0 Å². The molecule has 4 heteroatoms. The minimum Gasteiger partial charge on any atom is -0.380 e. The van der Waals surface area contributed by atoms with Gasteiger partial charge in [0.05, 0.1) is 0 Å². The third kappa shape index (κ3) is 2.44. The van der Waals surface area contributed by atoms with E-state index in [-0.39, 0.29) is 5.91 Å². The Morgan fingerprint density at radius 1 is 1.25 bits per heavy atom. The van der Waals surface area contributed by atoms with Gasteiger partial charge in [-0.3, -0.25) is 4.79 Å². The summed E-state index contributed by atoms with van der Waals surface area (Å²) in [7, 11) is 0. The van der Waals surface area contributed by atoms with Crippen LogP contribution in [0.2, 0.25) is 0 Å². The molecule has 1 saturated carbocycles. The Bertz CT molecular complexity index is 383. The van der Waals surface area contributed by atoms with Crippen LogP contribution in [0, 0.1) is 0 Å². The highest BCUT2D eigenvalue weighted by atomic mass is 79.9. The summed E-state index contributed by atoms with van der Waals surface area (Å²) in [5.41, 5.74) is -0.443. The maximum atomic E-state index is 11.8. The van der Waals surface area contributed by atoms with E-state index in [9.17, 15) is 9.90 Å². The van der Waals surface area contributed by atoms with E-state index >= 15 is 0 Å². The van der Waals surface area contributed by atoms with E-state index in [1.807, 2.05) is 12.1 Å². The first-order chi connectivity index (χ1) is 7.60.